The summed E-state index contributed by atoms with van der Waals surface area (Å²) in [6.45, 7) is 0. The summed E-state index contributed by atoms with van der Waals surface area (Å²) in [6, 6.07) is 11.3. The molecule has 3 nitrogen and oxygen atoms in total. The Hall–Kier alpha value is -1.72. The molecule has 2 aromatic heterocycles. The van der Waals surface area contributed by atoms with E-state index in [1.807, 2.05) is 29.6 Å². The molecular formula is C14H9BrN2OS. The summed E-state index contributed by atoms with van der Waals surface area (Å²) in [5.41, 5.74) is 1.37. The maximum absolute atomic E-state index is 12.1. The first-order valence-corrected chi connectivity index (χ1v) is 7.30. The lowest BCUT2D eigenvalue weighted by molar-refractivity contribution is 0.102. The zero-order valence-corrected chi connectivity index (χ0v) is 12.2. The summed E-state index contributed by atoms with van der Waals surface area (Å²) < 4.78 is 1.86. The van der Waals surface area contributed by atoms with E-state index in [1.165, 1.54) is 4.70 Å². The second-order valence-corrected chi connectivity index (χ2v) is 5.75. The second kappa shape index (κ2) is 5.11. The van der Waals surface area contributed by atoms with Crippen molar-refractivity contribution in [2.45, 2.75) is 0 Å². The van der Waals surface area contributed by atoms with Gasteiger partial charge in [0, 0.05) is 22.1 Å². The molecular weight excluding hydrogens is 324 g/mol. The van der Waals surface area contributed by atoms with Crippen LogP contribution >= 0.6 is 27.3 Å². The van der Waals surface area contributed by atoms with Gasteiger partial charge in [-0.2, -0.15) is 0 Å². The number of aromatic nitrogens is 1. The van der Waals surface area contributed by atoms with Crippen molar-refractivity contribution in [3.63, 3.8) is 0 Å². The molecule has 0 bridgehead atoms. The number of nitrogens with zero attached hydrogens (tertiary/aromatic N) is 1. The standard InChI is InChI=1S/C14H9BrN2OS/c15-13-8-10(3-5-16-13)14(18)17-11-1-2-12-9(7-11)4-6-19-12/h1-8H,(H,17,18). The van der Waals surface area contributed by atoms with Crippen molar-refractivity contribution in [3.8, 4) is 0 Å². The van der Waals surface area contributed by atoms with Crippen molar-refractivity contribution in [1.82, 2.24) is 4.98 Å². The molecule has 0 aliphatic rings. The number of halogens is 1. The highest BCUT2D eigenvalue weighted by Crippen LogP contribution is 2.24. The van der Waals surface area contributed by atoms with Crippen molar-refractivity contribution in [1.29, 1.82) is 0 Å². The predicted molar refractivity (Wildman–Crippen MR) is 81.7 cm³/mol. The van der Waals surface area contributed by atoms with Crippen LogP contribution in [0.3, 0.4) is 0 Å². The lowest BCUT2D eigenvalue weighted by Crippen LogP contribution is -2.11. The zero-order valence-electron chi connectivity index (χ0n) is 9.76. The molecule has 19 heavy (non-hydrogen) atoms. The maximum atomic E-state index is 12.1. The first-order chi connectivity index (χ1) is 9.22. The third-order valence-corrected chi connectivity index (χ3v) is 4.03. The van der Waals surface area contributed by atoms with E-state index < -0.39 is 0 Å². The summed E-state index contributed by atoms with van der Waals surface area (Å²) in [5.74, 6) is -0.141. The Morgan fingerprint density at radius 3 is 2.95 bits per heavy atom. The van der Waals surface area contributed by atoms with Gasteiger partial charge in [0.05, 0.1) is 0 Å². The van der Waals surface area contributed by atoms with Crippen LogP contribution in [0, 0.1) is 0 Å². The van der Waals surface area contributed by atoms with E-state index in [-0.39, 0.29) is 5.91 Å². The number of hydrogen-bond donors (Lipinski definition) is 1. The molecule has 3 rings (SSSR count). The Bertz CT molecular complexity index is 754. The maximum Gasteiger partial charge on any atom is 0.255 e. The van der Waals surface area contributed by atoms with E-state index in [0.29, 0.717) is 10.2 Å². The largest absolute Gasteiger partial charge is 0.322 e. The highest BCUT2D eigenvalue weighted by molar-refractivity contribution is 9.10. The third kappa shape index (κ3) is 2.67. The van der Waals surface area contributed by atoms with Crippen LogP contribution in [0.2, 0.25) is 0 Å². The van der Waals surface area contributed by atoms with Crippen molar-refractivity contribution in [3.05, 3.63) is 58.1 Å². The normalized spacial score (nSPS) is 10.6. The summed E-state index contributed by atoms with van der Waals surface area (Å²) in [6.07, 6.45) is 1.60. The van der Waals surface area contributed by atoms with Gasteiger partial charge in [0.25, 0.3) is 5.91 Å². The minimum atomic E-state index is -0.141. The Morgan fingerprint density at radius 1 is 1.21 bits per heavy atom. The molecule has 1 aromatic carbocycles. The average Bonchev–Trinajstić information content (AvgIpc) is 2.86. The van der Waals surface area contributed by atoms with Gasteiger partial charge < -0.3 is 5.32 Å². The van der Waals surface area contributed by atoms with Crippen LogP contribution in [0.15, 0.2) is 52.6 Å². The Balaban J connectivity index is 1.86. The molecule has 0 spiro atoms. The highest BCUT2D eigenvalue weighted by Gasteiger charge is 2.07. The van der Waals surface area contributed by atoms with Gasteiger partial charge in [-0.3, -0.25) is 4.79 Å². The number of amides is 1. The molecule has 0 aliphatic carbocycles. The molecule has 1 N–H and O–H groups in total. The molecule has 0 fully saturated rings. The number of carbonyl (C=O) groups is 1. The molecule has 2 heterocycles. The van der Waals surface area contributed by atoms with E-state index in [9.17, 15) is 4.79 Å². The smallest absolute Gasteiger partial charge is 0.255 e. The first-order valence-electron chi connectivity index (χ1n) is 5.62. The van der Waals surface area contributed by atoms with Gasteiger partial charge in [0.1, 0.15) is 4.60 Å². The van der Waals surface area contributed by atoms with Crippen LogP contribution < -0.4 is 5.32 Å². The minimum absolute atomic E-state index is 0.141. The van der Waals surface area contributed by atoms with Gasteiger partial charge in [-0.1, -0.05) is 0 Å². The molecule has 1 amide bonds. The van der Waals surface area contributed by atoms with Crippen molar-refractivity contribution < 1.29 is 4.79 Å². The van der Waals surface area contributed by atoms with Crippen LogP contribution in [-0.4, -0.2) is 10.9 Å². The second-order valence-electron chi connectivity index (χ2n) is 3.99. The van der Waals surface area contributed by atoms with Crippen LogP contribution in [0.25, 0.3) is 10.1 Å². The molecule has 0 saturated heterocycles. The Morgan fingerprint density at radius 2 is 2.11 bits per heavy atom. The fourth-order valence-corrected chi connectivity index (χ4v) is 2.93. The van der Waals surface area contributed by atoms with E-state index in [1.54, 1.807) is 29.7 Å². The van der Waals surface area contributed by atoms with Gasteiger partial charge in [0.15, 0.2) is 0 Å². The number of rotatable bonds is 2. The Kier molecular flexibility index (Phi) is 3.31. The van der Waals surface area contributed by atoms with Crippen LogP contribution in [-0.2, 0) is 0 Å². The number of hydrogen-bond acceptors (Lipinski definition) is 3. The number of pyridine rings is 1. The minimum Gasteiger partial charge on any atom is -0.322 e. The topological polar surface area (TPSA) is 42.0 Å². The average molecular weight is 333 g/mol. The molecule has 0 radical (unpaired) electrons. The van der Waals surface area contributed by atoms with Crippen LogP contribution in [0.5, 0.6) is 0 Å². The number of nitrogens with one attached hydrogen (secondary N) is 1. The SMILES string of the molecule is O=C(Nc1ccc2sccc2c1)c1ccnc(Br)c1. The van der Waals surface area contributed by atoms with Crippen molar-refractivity contribution >= 4 is 48.9 Å². The molecule has 0 atom stereocenters. The summed E-state index contributed by atoms with van der Waals surface area (Å²) in [4.78, 5) is 16.1. The molecule has 5 heteroatoms. The van der Waals surface area contributed by atoms with Crippen molar-refractivity contribution in [2.24, 2.45) is 0 Å². The van der Waals surface area contributed by atoms with Crippen molar-refractivity contribution in [2.75, 3.05) is 5.32 Å². The number of fused-ring (bicyclic) bond motifs is 1. The molecule has 0 unspecified atom stereocenters. The van der Waals surface area contributed by atoms with Gasteiger partial charge in [0.2, 0.25) is 0 Å². The van der Waals surface area contributed by atoms with E-state index in [2.05, 4.69) is 26.2 Å². The van der Waals surface area contributed by atoms with E-state index in [0.717, 1.165) is 11.1 Å². The summed E-state index contributed by atoms with van der Waals surface area (Å²) >= 11 is 4.94. The number of carbonyl (C=O) groups excluding carboxylic acids is 1. The zero-order chi connectivity index (χ0) is 13.2. The summed E-state index contributed by atoms with van der Waals surface area (Å²) in [7, 11) is 0. The Labute approximate surface area is 122 Å². The lowest BCUT2D eigenvalue weighted by Gasteiger charge is -2.05. The predicted octanol–water partition coefficient (Wildman–Crippen LogP) is 4.31. The summed E-state index contributed by atoms with van der Waals surface area (Å²) in [5, 5.41) is 6.06. The van der Waals surface area contributed by atoms with E-state index >= 15 is 0 Å². The third-order valence-electron chi connectivity index (χ3n) is 2.70. The first kappa shape index (κ1) is 12.3. The van der Waals surface area contributed by atoms with Crippen LogP contribution in [0.1, 0.15) is 10.4 Å². The fourth-order valence-electron chi connectivity index (χ4n) is 1.79. The molecule has 0 aliphatic heterocycles. The number of thiophene rings is 1. The molecule has 3 aromatic rings. The van der Waals surface area contributed by atoms with Gasteiger partial charge in [-0.15, -0.1) is 11.3 Å². The van der Waals surface area contributed by atoms with E-state index in [4.69, 9.17) is 0 Å². The highest BCUT2D eigenvalue weighted by atomic mass is 79.9. The van der Waals surface area contributed by atoms with Gasteiger partial charge >= 0.3 is 0 Å². The monoisotopic (exact) mass is 332 g/mol. The van der Waals surface area contributed by atoms with Gasteiger partial charge in [-0.05, 0) is 63.1 Å². The quantitative estimate of drug-likeness (QED) is 0.710. The molecule has 94 valence electrons. The van der Waals surface area contributed by atoms with Crippen LogP contribution in [0.4, 0.5) is 5.69 Å². The number of benzene rings is 1. The lowest BCUT2D eigenvalue weighted by atomic mass is 10.2. The number of anilines is 1. The molecule has 0 saturated carbocycles. The fraction of sp³-hybridized carbons (Fsp3) is 0. The van der Waals surface area contributed by atoms with Gasteiger partial charge in [-0.25, -0.2) is 4.98 Å².